The second-order valence-electron chi connectivity index (χ2n) is 10.1. The zero-order chi connectivity index (χ0) is 33.5. The number of halogens is 4. The van der Waals surface area contributed by atoms with Gasteiger partial charge in [0.25, 0.3) is 0 Å². The van der Waals surface area contributed by atoms with E-state index in [1.165, 1.54) is 38.2 Å². The number of pyridine rings is 2. The van der Waals surface area contributed by atoms with Gasteiger partial charge < -0.3 is 30.5 Å². The molecule has 0 saturated heterocycles. The van der Waals surface area contributed by atoms with Crippen LogP contribution < -0.4 is 25.6 Å². The molecule has 0 aromatic carbocycles. The van der Waals surface area contributed by atoms with E-state index in [2.05, 4.69) is 42.5 Å². The molecule has 3 heterocycles. The molecule has 3 aromatic rings. The number of anilines is 6. The van der Waals surface area contributed by atoms with Crippen LogP contribution in [0.3, 0.4) is 0 Å². The minimum Gasteiger partial charge on any atom is -0.466 e. The van der Waals surface area contributed by atoms with Crippen molar-refractivity contribution in [2.75, 3.05) is 61.7 Å². The predicted octanol–water partition coefficient (Wildman–Crippen LogP) is 4.14. The number of hydrogen-bond acceptors (Lipinski definition) is 12. The first kappa shape index (κ1) is 34.9. The molecule has 0 aliphatic heterocycles. The third-order valence-corrected chi connectivity index (χ3v) is 8.04. The van der Waals surface area contributed by atoms with Crippen LogP contribution >= 0.6 is 0 Å². The van der Waals surface area contributed by atoms with Crippen molar-refractivity contribution in [2.24, 2.45) is 0 Å². The highest BCUT2D eigenvalue weighted by Crippen LogP contribution is 2.36. The molecular weight excluding hydrogens is 622 g/mol. The lowest BCUT2D eigenvalue weighted by Gasteiger charge is -2.25. The summed E-state index contributed by atoms with van der Waals surface area (Å²) in [6, 6.07) is 4.06. The van der Waals surface area contributed by atoms with Gasteiger partial charge in [0, 0.05) is 26.3 Å². The number of amides is 1. The maximum Gasteiger partial charge on any atom is 0.422 e. The van der Waals surface area contributed by atoms with Gasteiger partial charge in [0.15, 0.2) is 38.9 Å². The van der Waals surface area contributed by atoms with Crippen molar-refractivity contribution in [3.63, 3.8) is 0 Å². The Morgan fingerprint density at radius 2 is 1.80 bits per heavy atom. The first-order chi connectivity index (χ1) is 21.0. The molecule has 0 bridgehead atoms. The zero-order valence-corrected chi connectivity index (χ0v) is 25.9. The number of nitrogens with one attached hydrogen (secondary N) is 3. The second kappa shape index (κ2) is 14.5. The number of likely N-dealkylation sites (N-methyl/N-ethyl adjacent to an activating group) is 2. The zero-order valence-electron chi connectivity index (χ0n) is 25.1. The van der Waals surface area contributed by atoms with Crippen LogP contribution in [0.15, 0.2) is 48.3 Å². The van der Waals surface area contributed by atoms with E-state index in [0.717, 1.165) is 12.3 Å². The quantitative estimate of drug-likeness (QED) is 0.169. The summed E-state index contributed by atoms with van der Waals surface area (Å²) in [5.41, 5.74) is -0.182. The van der Waals surface area contributed by atoms with Crippen molar-refractivity contribution >= 4 is 50.4 Å². The Balaban J connectivity index is 2.08. The first-order valence-electron chi connectivity index (χ1n) is 13.3. The molecule has 3 rings (SSSR count). The number of carbonyl (C=O) groups excluding carboxylic acids is 1. The van der Waals surface area contributed by atoms with Crippen molar-refractivity contribution in [1.82, 2.24) is 24.8 Å². The SMILES string of the molecule is C=CC(=O)Nc1cc(Nc2ncc(F)c(Nc3cccnc3S(=O)(=O)C(C)C)n2)c(OCC(F)(F)F)nc1N(C)CCN(C)C. The molecule has 0 fully saturated rings. The van der Waals surface area contributed by atoms with Crippen LogP contribution in [0.2, 0.25) is 0 Å². The van der Waals surface area contributed by atoms with Crippen LogP contribution in [-0.4, -0.2) is 91.4 Å². The number of ether oxygens (including phenoxy) is 1. The van der Waals surface area contributed by atoms with Crippen molar-refractivity contribution < 1.29 is 35.5 Å². The molecule has 0 atom stereocenters. The minimum atomic E-state index is -4.72. The lowest BCUT2D eigenvalue weighted by molar-refractivity contribution is -0.153. The topological polar surface area (TPSA) is 155 Å². The van der Waals surface area contributed by atoms with Crippen LogP contribution in [-0.2, 0) is 14.6 Å². The van der Waals surface area contributed by atoms with E-state index in [0.29, 0.717) is 13.1 Å². The molecule has 45 heavy (non-hydrogen) atoms. The van der Waals surface area contributed by atoms with Crippen LogP contribution in [0.1, 0.15) is 13.8 Å². The fourth-order valence-electron chi connectivity index (χ4n) is 3.56. The van der Waals surface area contributed by atoms with Crippen LogP contribution in [0, 0.1) is 5.82 Å². The van der Waals surface area contributed by atoms with E-state index in [4.69, 9.17) is 4.74 Å². The average Bonchev–Trinajstić information content (AvgIpc) is 2.96. The van der Waals surface area contributed by atoms with E-state index < -0.39 is 51.3 Å². The van der Waals surface area contributed by atoms with Crippen molar-refractivity contribution in [3.05, 3.63) is 49.1 Å². The summed E-state index contributed by atoms with van der Waals surface area (Å²) in [5, 5.41) is 6.65. The van der Waals surface area contributed by atoms with Gasteiger partial charge in [-0.05, 0) is 52.2 Å². The largest absolute Gasteiger partial charge is 0.466 e. The molecule has 0 saturated carbocycles. The summed E-state index contributed by atoms with van der Waals surface area (Å²) in [5.74, 6) is -2.82. The number of alkyl halides is 3. The Bertz CT molecular complexity index is 1640. The molecule has 18 heteroatoms. The molecule has 1 amide bonds. The van der Waals surface area contributed by atoms with E-state index in [-0.39, 0.29) is 33.9 Å². The van der Waals surface area contributed by atoms with Gasteiger partial charge in [0.1, 0.15) is 5.69 Å². The number of rotatable bonds is 14. The predicted molar refractivity (Wildman–Crippen MR) is 162 cm³/mol. The monoisotopic (exact) mass is 655 g/mol. The summed E-state index contributed by atoms with van der Waals surface area (Å²) in [6.07, 6.45) is -1.69. The van der Waals surface area contributed by atoms with Gasteiger partial charge >= 0.3 is 6.18 Å². The Hall–Kier alpha value is -4.58. The molecule has 244 valence electrons. The molecule has 0 unspecified atom stereocenters. The van der Waals surface area contributed by atoms with Crippen molar-refractivity contribution in [2.45, 2.75) is 30.3 Å². The molecule has 0 radical (unpaired) electrons. The molecule has 0 aliphatic rings. The Morgan fingerprint density at radius 3 is 2.42 bits per heavy atom. The van der Waals surface area contributed by atoms with Crippen LogP contribution in [0.4, 0.5) is 52.2 Å². The smallest absolute Gasteiger partial charge is 0.422 e. The Kier molecular flexibility index (Phi) is 11.2. The Labute approximate surface area is 257 Å². The molecule has 3 aromatic heterocycles. The summed E-state index contributed by atoms with van der Waals surface area (Å²) < 4.78 is 84.9. The van der Waals surface area contributed by atoms with Gasteiger partial charge in [-0.3, -0.25) is 4.79 Å². The summed E-state index contributed by atoms with van der Waals surface area (Å²) in [7, 11) is 1.41. The maximum absolute atomic E-state index is 14.8. The molecule has 0 spiro atoms. The fourth-order valence-corrected chi connectivity index (χ4v) is 4.64. The number of sulfone groups is 1. The third kappa shape index (κ3) is 9.45. The fraction of sp³-hybridized carbons (Fsp3) is 0.370. The van der Waals surface area contributed by atoms with Gasteiger partial charge in [0.2, 0.25) is 17.7 Å². The van der Waals surface area contributed by atoms with Crippen LogP contribution in [0.5, 0.6) is 5.88 Å². The highest BCUT2D eigenvalue weighted by atomic mass is 32.2. The number of nitrogens with zero attached hydrogens (tertiary/aromatic N) is 6. The van der Waals surface area contributed by atoms with E-state index in [9.17, 15) is 30.8 Å². The number of carbonyl (C=O) groups is 1. The van der Waals surface area contributed by atoms with Gasteiger partial charge in [-0.15, -0.1) is 0 Å². The highest BCUT2D eigenvalue weighted by molar-refractivity contribution is 7.92. The normalized spacial score (nSPS) is 11.8. The molecule has 3 N–H and O–H groups in total. The van der Waals surface area contributed by atoms with Gasteiger partial charge in [-0.25, -0.2) is 22.8 Å². The van der Waals surface area contributed by atoms with Gasteiger partial charge in [-0.2, -0.15) is 23.1 Å². The van der Waals surface area contributed by atoms with E-state index in [1.54, 1.807) is 11.9 Å². The number of aromatic nitrogens is 4. The minimum absolute atomic E-state index is 0.0647. The van der Waals surface area contributed by atoms with Gasteiger partial charge in [-0.1, -0.05) is 6.58 Å². The van der Waals surface area contributed by atoms with Gasteiger partial charge in [0.05, 0.1) is 22.8 Å². The summed E-state index contributed by atoms with van der Waals surface area (Å²) >= 11 is 0. The summed E-state index contributed by atoms with van der Waals surface area (Å²) in [6.45, 7) is 5.57. The number of hydrogen-bond donors (Lipinski definition) is 3. The van der Waals surface area contributed by atoms with Crippen LogP contribution in [0.25, 0.3) is 0 Å². The summed E-state index contributed by atoms with van der Waals surface area (Å²) in [4.78, 5) is 31.8. The first-order valence-corrected chi connectivity index (χ1v) is 14.9. The third-order valence-electron chi connectivity index (χ3n) is 5.93. The molecular formula is C27H33F4N9O4S. The standard InChI is InChI=1S/C27H33F4N9O4S/c1-7-21(41)34-19-13-20(24(44-15-27(29,30)31)38-23(19)40(6)12-11-39(4)5)36-26-33-14-17(28)22(37-26)35-18-9-8-10-32-25(18)45(42,43)16(2)3/h7-10,13-14,16H,1,11-12,15H2,2-6H3,(H,34,41)(H2,33,35,36,37). The molecule has 13 nitrogen and oxygen atoms in total. The lowest BCUT2D eigenvalue weighted by atomic mass is 10.3. The lowest BCUT2D eigenvalue weighted by Crippen LogP contribution is -2.30. The van der Waals surface area contributed by atoms with E-state index in [1.807, 2.05) is 19.0 Å². The van der Waals surface area contributed by atoms with E-state index >= 15 is 0 Å². The molecule has 0 aliphatic carbocycles. The van der Waals surface area contributed by atoms with Crippen molar-refractivity contribution in [1.29, 1.82) is 0 Å². The maximum atomic E-state index is 14.8. The average molecular weight is 656 g/mol. The Morgan fingerprint density at radius 1 is 1.09 bits per heavy atom. The second-order valence-corrected chi connectivity index (χ2v) is 12.5. The highest BCUT2D eigenvalue weighted by Gasteiger charge is 2.30. The van der Waals surface area contributed by atoms with Crippen molar-refractivity contribution in [3.8, 4) is 5.88 Å².